The summed E-state index contributed by atoms with van der Waals surface area (Å²) >= 11 is 0. The number of carbonyl (C=O) groups is 2. The van der Waals surface area contributed by atoms with Crippen molar-refractivity contribution >= 4 is 11.8 Å². The fourth-order valence-electron chi connectivity index (χ4n) is 5.38. The second-order valence-electron chi connectivity index (χ2n) is 9.80. The molecule has 4 rings (SSSR count). The Bertz CT molecular complexity index is 1100. The predicted octanol–water partition coefficient (Wildman–Crippen LogP) is 4.37. The number of methoxy groups -OCH3 is 1. The molecule has 0 radical (unpaired) electrons. The normalized spacial score (nSPS) is 18.8. The van der Waals surface area contributed by atoms with Gasteiger partial charge in [0.1, 0.15) is 16.9 Å². The summed E-state index contributed by atoms with van der Waals surface area (Å²) in [4.78, 5) is 42.2. The molecule has 7 nitrogen and oxygen atoms in total. The van der Waals surface area contributed by atoms with E-state index in [1.807, 2.05) is 29.2 Å². The summed E-state index contributed by atoms with van der Waals surface area (Å²) in [5.74, 6) is 0.0732. The highest BCUT2D eigenvalue weighted by Gasteiger charge is 2.30. The van der Waals surface area contributed by atoms with E-state index in [1.54, 1.807) is 24.1 Å². The van der Waals surface area contributed by atoms with Gasteiger partial charge in [0, 0.05) is 37.6 Å². The maximum absolute atomic E-state index is 13.6. The number of piperidine rings is 1. The van der Waals surface area contributed by atoms with Crippen molar-refractivity contribution < 1.29 is 14.3 Å². The van der Waals surface area contributed by atoms with E-state index in [-0.39, 0.29) is 35.0 Å². The molecule has 2 amide bonds. The first-order chi connectivity index (χ1) is 17.0. The van der Waals surface area contributed by atoms with E-state index in [0.717, 1.165) is 62.7 Å². The van der Waals surface area contributed by atoms with Crippen molar-refractivity contribution in [3.8, 4) is 5.75 Å². The van der Waals surface area contributed by atoms with Crippen molar-refractivity contribution in [1.82, 2.24) is 14.8 Å². The number of aromatic nitrogens is 1. The Labute approximate surface area is 207 Å². The van der Waals surface area contributed by atoms with Crippen LogP contribution in [0.3, 0.4) is 0 Å². The fourth-order valence-corrected chi connectivity index (χ4v) is 5.38. The van der Waals surface area contributed by atoms with Gasteiger partial charge >= 0.3 is 0 Å². The highest BCUT2D eigenvalue weighted by atomic mass is 16.5. The van der Waals surface area contributed by atoms with Gasteiger partial charge in [-0.2, -0.15) is 0 Å². The van der Waals surface area contributed by atoms with Crippen molar-refractivity contribution in [3.05, 3.63) is 63.6 Å². The highest BCUT2D eigenvalue weighted by molar-refractivity contribution is 5.99. The molecular formula is C28H37N3O4. The molecule has 2 fully saturated rings. The smallest absolute Gasteiger partial charge is 0.259 e. The third-order valence-corrected chi connectivity index (χ3v) is 7.35. The lowest BCUT2D eigenvalue weighted by molar-refractivity contribution is 0.0605. The number of ether oxygens (including phenoxy) is 1. The molecule has 0 bridgehead atoms. The van der Waals surface area contributed by atoms with E-state index < -0.39 is 5.43 Å². The molecule has 2 aliphatic rings. The zero-order valence-electron chi connectivity index (χ0n) is 20.9. The topological polar surface area (TPSA) is 80.6 Å². The van der Waals surface area contributed by atoms with Crippen LogP contribution in [-0.4, -0.2) is 47.0 Å². The highest BCUT2D eigenvalue weighted by Crippen LogP contribution is 2.22. The molecule has 188 valence electrons. The molecule has 1 saturated heterocycles. The maximum atomic E-state index is 13.6. The molecule has 1 aliphatic carbocycles. The average molecular weight is 480 g/mol. The van der Waals surface area contributed by atoms with E-state index in [0.29, 0.717) is 13.1 Å². The molecule has 1 atom stereocenters. The minimum absolute atomic E-state index is 0.0365. The molecule has 0 unspecified atom stereocenters. The number of benzene rings is 1. The molecule has 1 saturated carbocycles. The number of nitrogens with one attached hydrogen (secondary N) is 1. The van der Waals surface area contributed by atoms with Gasteiger partial charge in [0.25, 0.3) is 11.8 Å². The quantitative estimate of drug-likeness (QED) is 0.639. The Morgan fingerprint density at radius 1 is 1.03 bits per heavy atom. The molecular weight excluding hydrogens is 442 g/mol. The summed E-state index contributed by atoms with van der Waals surface area (Å²) in [5, 5.41) is 3.05. The lowest BCUT2D eigenvalue weighted by Gasteiger charge is -2.35. The van der Waals surface area contributed by atoms with Crippen LogP contribution < -0.4 is 15.5 Å². The Morgan fingerprint density at radius 2 is 1.77 bits per heavy atom. The number of nitrogens with zero attached hydrogens (tertiary/aromatic N) is 2. The maximum Gasteiger partial charge on any atom is 0.259 e. The van der Waals surface area contributed by atoms with Crippen LogP contribution in [0.5, 0.6) is 5.75 Å². The van der Waals surface area contributed by atoms with Crippen molar-refractivity contribution in [2.75, 3.05) is 13.7 Å². The largest absolute Gasteiger partial charge is 0.497 e. The number of hydrogen-bond acceptors (Lipinski definition) is 4. The molecule has 35 heavy (non-hydrogen) atoms. The molecule has 1 N–H and O–H groups in total. The van der Waals surface area contributed by atoms with Gasteiger partial charge in [-0.3, -0.25) is 14.4 Å². The van der Waals surface area contributed by atoms with Gasteiger partial charge in [-0.05, 0) is 56.2 Å². The fraction of sp³-hybridized carbons (Fsp3) is 0.536. The van der Waals surface area contributed by atoms with Crippen LogP contribution >= 0.6 is 0 Å². The molecule has 2 heterocycles. The number of rotatable bonds is 7. The van der Waals surface area contributed by atoms with Crippen LogP contribution in [0, 0.1) is 0 Å². The van der Waals surface area contributed by atoms with Crippen molar-refractivity contribution in [1.29, 1.82) is 0 Å². The van der Waals surface area contributed by atoms with Crippen molar-refractivity contribution in [3.63, 3.8) is 0 Å². The summed E-state index contributed by atoms with van der Waals surface area (Å²) in [6.07, 6.45) is 12.2. The first kappa shape index (κ1) is 25.0. The van der Waals surface area contributed by atoms with E-state index in [4.69, 9.17) is 4.74 Å². The monoisotopic (exact) mass is 479 g/mol. The van der Waals surface area contributed by atoms with Gasteiger partial charge in [-0.25, -0.2) is 0 Å². The summed E-state index contributed by atoms with van der Waals surface area (Å²) in [7, 11) is 1.62. The predicted molar refractivity (Wildman–Crippen MR) is 136 cm³/mol. The van der Waals surface area contributed by atoms with E-state index >= 15 is 0 Å². The average Bonchev–Trinajstić information content (AvgIpc) is 2.89. The van der Waals surface area contributed by atoms with Crippen LogP contribution in [0.25, 0.3) is 0 Å². The Balaban J connectivity index is 1.69. The SMILES string of the molecule is CC[C@H]1CCCCN1C(=O)c1cn(Cc2cccc(OC)c2)cc(C(=O)NC2CCCCC2)c1=O. The van der Waals surface area contributed by atoms with Gasteiger partial charge in [0.15, 0.2) is 0 Å². The Hall–Kier alpha value is -3.09. The molecule has 1 aromatic carbocycles. The summed E-state index contributed by atoms with van der Waals surface area (Å²) < 4.78 is 7.12. The summed E-state index contributed by atoms with van der Waals surface area (Å²) in [6, 6.07) is 7.85. The summed E-state index contributed by atoms with van der Waals surface area (Å²) in [5.41, 5.74) is 0.582. The lowest BCUT2D eigenvalue weighted by atomic mass is 9.95. The molecule has 1 aliphatic heterocycles. The third kappa shape index (κ3) is 5.95. The van der Waals surface area contributed by atoms with Crippen LogP contribution in [0.2, 0.25) is 0 Å². The Kier molecular flexibility index (Phi) is 8.26. The van der Waals surface area contributed by atoms with Crippen LogP contribution in [0.4, 0.5) is 0 Å². The van der Waals surface area contributed by atoms with Crippen LogP contribution in [0.1, 0.15) is 91.0 Å². The number of hydrogen-bond donors (Lipinski definition) is 1. The molecule has 2 aromatic rings. The zero-order chi connectivity index (χ0) is 24.8. The number of likely N-dealkylation sites (tertiary alicyclic amines) is 1. The van der Waals surface area contributed by atoms with Gasteiger partial charge in [-0.1, -0.05) is 38.3 Å². The minimum atomic E-state index is -0.481. The minimum Gasteiger partial charge on any atom is -0.497 e. The van der Waals surface area contributed by atoms with E-state index in [1.165, 1.54) is 6.42 Å². The Morgan fingerprint density at radius 3 is 2.51 bits per heavy atom. The first-order valence-electron chi connectivity index (χ1n) is 13.0. The van der Waals surface area contributed by atoms with Gasteiger partial charge in [0.05, 0.1) is 7.11 Å². The van der Waals surface area contributed by atoms with Gasteiger partial charge < -0.3 is 19.5 Å². The zero-order valence-corrected chi connectivity index (χ0v) is 20.9. The number of pyridine rings is 1. The first-order valence-corrected chi connectivity index (χ1v) is 13.0. The molecule has 7 heteroatoms. The van der Waals surface area contributed by atoms with E-state index in [2.05, 4.69) is 12.2 Å². The third-order valence-electron chi connectivity index (χ3n) is 7.35. The van der Waals surface area contributed by atoms with E-state index in [9.17, 15) is 14.4 Å². The van der Waals surface area contributed by atoms with Crippen molar-refractivity contribution in [2.24, 2.45) is 0 Å². The van der Waals surface area contributed by atoms with Gasteiger partial charge in [0.2, 0.25) is 5.43 Å². The van der Waals surface area contributed by atoms with Gasteiger partial charge in [-0.15, -0.1) is 0 Å². The molecule has 1 aromatic heterocycles. The second-order valence-corrected chi connectivity index (χ2v) is 9.80. The number of amides is 2. The van der Waals surface area contributed by atoms with Crippen LogP contribution in [0.15, 0.2) is 41.5 Å². The molecule has 0 spiro atoms. The lowest BCUT2D eigenvalue weighted by Crippen LogP contribution is -2.46. The van der Waals surface area contributed by atoms with Crippen molar-refractivity contribution in [2.45, 2.75) is 83.3 Å². The second kappa shape index (κ2) is 11.6. The van der Waals surface area contributed by atoms with Crippen LogP contribution in [-0.2, 0) is 6.54 Å². The standard InChI is InChI=1S/C28H37N3O4/c1-3-22-13-7-8-15-31(22)28(34)25-19-30(17-20-10-9-14-23(16-20)35-2)18-24(26(25)32)27(33)29-21-11-5-4-6-12-21/h9-10,14,16,18-19,21-22H,3-8,11-13,15,17H2,1-2H3,(H,29,33)/t22-/m0/s1. The summed E-state index contributed by atoms with van der Waals surface area (Å²) in [6.45, 7) is 3.13. The number of carbonyl (C=O) groups excluding carboxylic acids is 2.